The summed E-state index contributed by atoms with van der Waals surface area (Å²) < 4.78 is 5.63. The smallest absolute Gasteiger partial charge is 0.306 e. The molecule has 8 bridgehead atoms. The van der Waals surface area contributed by atoms with Gasteiger partial charge in [0.25, 0.3) is 0 Å². The Bertz CT molecular complexity index is 1960. The summed E-state index contributed by atoms with van der Waals surface area (Å²) in [6, 6.07) is 9.69. The van der Waals surface area contributed by atoms with Crippen LogP contribution in [0.5, 0.6) is 0 Å². The number of aliphatic imine (C=N–C) groups is 3. The maximum atomic E-state index is 13.0. The molecular weight excluding hydrogens is 588 g/mol. The van der Waals surface area contributed by atoms with Gasteiger partial charge in [0.15, 0.2) is 0 Å². The van der Waals surface area contributed by atoms with Gasteiger partial charge in [-0.2, -0.15) is 0 Å². The number of aliphatic hydroxyl groups excluding tert-OH is 2. The zero-order valence-corrected chi connectivity index (χ0v) is 27.6. The number of benzene rings is 1. The van der Waals surface area contributed by atoms with E-state index >= 15 is 0 Å². The normalized spacial score (nSPS) is 23.3. The van der Waals surface area contributed by atoms with Crippen molar-refractivity contribution in [2.24, 2.45) is 26.8 Å². The van der Waals surface area contributed by atoms with E-state index in [2.05, 4.69) is 32.2 Å². The first-order chi connectivity index (χ1) is 22.7. The molecule has 8 nitrogen and oxygen atoms in total. The number of rotatable bonds is 7. The SMILES string of the molecule is CCC1=C(C)C2=NC1=CC1=C(C)C3=C(O)CC(=C4NC(=CC5=NC(=C2)C(CO)=C5C)[C@@H](C)[C@@H]4CCC(=O)OCc2ccccc2)C3=N1. The van der Waals surface area contributed by atoms with Gasteiger partial charge < -0.3 is 20.3 Å². The Morgan fingerprint density at radius 1 is 0.957 bits per heavy atom. The molecule has 1 aromatic carbocycles. The summed E-state index contributed by atoms with van der Waals surface area (Å²) in [5, 5.41) is 25.4. The lowest BCUT2D eigenvalue weighted by Crippen LogP contribution is -2.16. The second-order valence-electron chi connectivity index (χ2n) is 12.9. The van der Waals surface area contributed by atoms with E-state index in [9.17, 15) is 15.0 Å². The number of ether oxygens (including phenoxy) is 1. The molecule has 0 saturated carbocycles. The number of aliphatic hydroxyl groups is 2. The Kier molecular flexibility index (Phi) is 7.92. The van der Waals surface area contributed by atoms with E-state index in [1.165, 1.54) is 0 Å². The predicted octanol–water partition coefficient (Wildman–Crippen LogP) is 7.17. The fraction of sp³-hybridized carbons (Fsp3) is 0.333. The lowest BCUT2D eigenvalue weighted by molar-refractivity contribution is -0.145. The van der Waals surface area contributed by atoms with Gasteiger partial charge in [-0.1, -0.05) is 44.2 Å². The van der Waals surface area contributed by atoms with E-state index in [0.717, 1.165) is 90.9 Å². The monoisotopic (exact) mass is 628 g/mol. The van der Waals surface area contributed by atoms with Crippen molar-refractivity contribution >= 4 is 23.1 Å². The van der Waals surface area contributed by atoms with Crippen molar-refractivity contribution in [3.8, 4) is 0 Å². The van der Waals surface area contributed by atoms with Gasteiger partial charge in [0.1, 0.15) is 12.4 Å². The minimum absolute atomic E-state index is 0.0257. The maximum Gasteiger partial charge on any atom is 0.306 e. The molecule has 1 aliphatic carbocycles. The number of carbonyl (C=O) groups excluding carboxylic acids is 1. The number of fused-ring (bicyclic) bond motifs is 5. The van der Waals surface area contributed by atoms with Crippen LogP contribution in [-0.4, -0.2) is 39.9 Å². The number of hydrogen-bond donors (Lipinski definition) is 3. The van der Waals surface area contributed by atoms with Crippen LogP contribution < -0.4 is 5.32 Å². The second-order valence-corrected chi connectivity index (χ2v) is 12.9. The molecule has 5 aliphatic heterocycles. The number of carbonyl (C=O) groups is 1. The summed E-state index contributed by atoms with van der Waals surface area (Å²) in [6.07, 6.45) is 8.06. The van der Waals surface area contributed by atoms with Crippen molar-refractivity contribution in [2.75, 3.05) is 6.61 Å². The standard InChI is InChI=1S/C39H40N4O4/c1-6-25-20(2)30-16-34-28(18-44)22(4)29(41-34)15-31-21(3)26(12-13-36(46)47-19-24-10-8-7-9-11-24)38(42-31)27-14-35(45)37-23(5)32(43-39(27)37)17-33(25)40-30/h7-11,15-17,21,26,42,44-45H,6,12-14,18-19H2,1-5H3/t21-,26-/m0/s1. The Morgan fingerprint density at radius 2 is 1.66 bits per heavy atom. The van der Waals surface area contributed by atoms with Crippen LogP contribution in [0, 0.1) is 11.8 Å². The van der Waals surface area contributed by atoms with E-state index in [0.29, 0.717) is 24.3 Å². The van der Waals surface area contributed by atoms with Gasteiger partial charge in [-0.05, 0) is 79.7 Å². The number of allylic oxidation sites excluding steroid dienone is 11. The Morgan fingerprint density at radius 3 is 2.38 bits per heavy atom. The van der Waals surface area contributed by atoms with Gasteiger partial charge >= 0.3 is 5.97 Å². The number of nitrogens with one attached hydrogen (secondary N) is 1. The van der Waals surface area contributed by atoms with Crippen LogP contribution in [0.1, 0.15) is 65.9 Å². The van der Waals surface area contributed by atoms with Crippen LogP contribution in [-0.2, 0) is 16.1 Å². The molecular formula is C39H40N4O4. The zero-order chi connectivity index (χ0) is 33.0. The topological polar surface area (TPSA) is 116 Å². The summed E-state index contributed by atoms with van der Waals surface area (Å²) >= 11 is 0. The van der Waals surface area contributed by atoms with Crippen molar-refractivity contribution in [1.29, 1.82) is 0 Å². The summed E-state index contributed by atoms with van der Waals surface area (Å²) in [6.45, 7) is 10.5. The highest BCUT2D eigenvalue weighted by molar-refractivity contribution is 6.21. The first kappa shape index (κ1) is 30.8. The molecule has 3 N–H and O–H groups in total. The lowest BCUT2D eigenvalue weighted by Gasteiger charge is -2.17. The maximum absolute atomic E-state index is 13.0. The Hall–Kier alpha value is -4.82. The molecule has 2 atom stereocenters. The number of hydrogen-bond acceptors (Lipinski definition) is 8. The summed E-state index contributed by atoms with van der Waals surface area (Å²) in [5.74, 6) is 0.0546. The van der Waals surface area contributed by atoms with Crippen molar-refractivity contribution < 1.29 is 19.7 Å². The van der Waals surface area contributed by atoms with Crippen molar-refractivity contribution in [3.63, 3.8) is 0 Å². The fourth-order valence-corrected chi connectivity index (χ4v) is 7.44. The van der Waals surface area contributed by atoms with Gasteiger partial charge in [0.2, 0.25) is 0 Å². The predicted molar refractivity (Wildman–Crippen MR) is 185 cm³/mol. The summed E-state index contributed by atoms with van der Waals surface area (Å²) in [5.41, 5.74) is 14.2. The lowest BCUT2D eigenvalue weighted by atomic mass is 9.86. The van der Waals surface area contributed by atoms with Gasteiger partial charge in [-0.25, -0.2) is 15.0 Å². The molecule has 7 rings (SSSR count). The molecule has 0 amide bonds. The molecule has 0 aromatic heterocycles. The van der Waals surface area contributed by atoms with Crippen molar-refractivity contribution in [1.82, 2.24) is 5.32 Å². The van der Waals surface area contributed by atoms with Crippen LogP contribution in [0.15, 0.2) is 137 Å². The number of nitrogens with zero attached hydrogens (tertiary/aromatic N) is 3. The highest BCUT2D eigenvalue weighted by atomic mass is 16.5. The van der Waals surface area contributed by atoms with E-state index in [4.69, 9.17) is 19.7 Å². The van der Waals surface area contributed by atoms with Crippen molar-refractivity contribution in [2.45, 2.75) is 66.9 Å². The first-order valence-electron chi connectivity index (χ1n) is 16.4. The van der Waals surface area contributed by atoms with Gasteiger partial charge in [0, 0.05) is 52.8 Å². The van der Waals surface area contributed by atoms with E-state index in [1.54, 1.807) is 0 Å². The number of esters is 1. The fourth-order valence-electron chi connectivity index (χ4n) is 7.44. The second kappa shape index (κ2) is 12.1. The summed E-state index contributed by atoms with van der Waals surface area (Å²) in [4.78, 5) is 28.1. The average Bonchev–Trinajstić information content (AvgIpc) is 3.81. The third-order valence-corrected chi connectivity index (χ3v) is 10.2. The molecule has 0 spiro atoms. The summed E-state index contributed by atoms with van der Waals surface area (Å²) in [7, 11) is 0. The molecule has 6 aliphatic rings. The zero-order valence-electron chi connectivity index (χ0n) is 27.6. The molecule has 1 fully saturated rings. The molecule has 5 heterocycles. The molecule has 0 radical (unpaired) electrons. The largest absolute Gasteiger partial charge is 0.511 e. The highest BCUT2D eigenvalue weighted by Gasteiger charge is 2.41. The molecule has 0 unspecified atom stereocenters. The van der Waals surface area contributed by atoms with Crippen LogP contribution in [0.2, 0.25) is 0 Å². The third kappa shape index (κ3) is 5.30. The molecule has 1 saturated heterocycles. The average molecular weight is 629 g/mol. The molecule has 47 heavy (non-hydrogen) atoms. The van der Waals surface area contributed by atoms with Gasteiger partial charge in [-0.3, -0.25) is 4.79 Å². The minimum atomic E-state index is -0.244. The molecule has 240 valence electrons. The van der Waals surface area contributed by atoms with Crippen molar-refractivity contribution in [3.05, 3.63) is 127 Å². The van der Waals surface area contributed by atoms with Crippen LogP contribution in [0.4, 0.5) is 0 Å². The minimum Gasteiger partial charge on any atom is -0.511 e. The Labute approximate surface area is 275 Å². The van der Waals surface area contributed by atoms with Gasteiger partial charge in [0.05, 0.1) is 40.8 Å². The Balaban J connectivity index is 1.32. The van der Waals surface area contributed by atoms with Crippen LogP contribution >= 0.6 is 0 Å². The molecule has 1 aromatic rings. The van der Waals surface area contributed by atoms with Gasteiger partial charge in [-0.15, -0.1) is 0 Å². The van der Waals surface area contributed by atoms with E-state index in [-0.39, 0.29) is 37.4 Å². The van der Waals surface area contributed by atoms with Crippen LogP contribution in [0.3, 0.4) is 0 Å². The third-order valence-electron chi connectivity index (χ3n) is 10.2. The van der Waals surface area contributed by atoms with Crippen LogP contribution in [0.25, 0.3) is 0 Å². The highest BCUT2D eigenvalue weighted by Crippen LogP contribution is 2.46. The quantitative estimate of drug-likeness (QED) is 0.277. The molecule has 8 heteroatoms. The van der Waals surface area contributed by atoms with E-state index in [1.807, 2.05) is 56.3 Å². The first-order valence-corrected chi connectivity index (χ1v) is 16.4. The van der Waals surface area contributed by atoms with E-state index < -0.39 is 0 Å².